The number of rotatable bonds is 4. The predicted octanol–water partition coefficient (Wildman–Crippen LogP) is 3.19. The van der Waals surface area contributed by atoms with Crippen LogP contribution >= 0.6 is 0 Å². The van der Waals surface area contributed by atoms with Crippen LogP contribution in [0.5, 0.6) is 5.75 Å². The molecule has 0 fully saturated rings. The Kier molecular flexibility index (Phi) is 4.16. The zero-order valence-electron chi connectivity index (χ0n) is 14.0. The van der Waals surface area contributed by atoms with Crippen LogP contribution in [0.4, 0.5) is 17.5 Å². The van der Waals surface area contributed by atoms with Gasteiger partial charge in [0, 0.05) is 13.1 Å². The molecule has 0 amide bonds. The lowest BCUT2D eigenvalue weighted by Gasteiger charge is -2.29. The number of ether oxygens (including phenoxy) is 1. The Labute approximate surface area is 146 Å². The van der Waals surface area contributed by atoms with E-state index >= 15 is 0 Å². The monoisotopic (exact) mass is 333 g/mol. The Bertz CT molecular complexity index is 883. The molecule has 0 saturated heterocycles. The maximum absolute atomic E-state index is 5.35. The van der Waals surface area contributed by atoms with E-state index in [-0.39, 0.29) is 0 Å². The fraction of sp³-hybridized carbons (Fsp3) is 0.211. The van der Waals surface area contributed by atoms with Crippen molar-refractivity contribution in [3.63, 3.8) is 0 Å². The van der Waals surface area contributed by atoms with Gasteiger partial charge in [-0.05, 0) is 29.7 Å². The first-order valence-corrected chi connectivity index (χ1v) is 8.25. The summed E-state index contributed by atoms with van der Waals surface area (Å²) < 4.78 is 5.35. The van der Waals surface area contributed by atoms with Crippen molar-refractivity contribution in [1.82, 2.24) is 15.2 Å². The Morgan fingerprint density at radius 2 is 1.84 bits per heavy atom. The molecule has 0 saturated carbocycles. The topological polar surface area (TPSA) is 63.2 Å². The molecule has 2 aromatic carbocycles. The summed E-state index contributed by atoms with van der Waals surface area (Å²) in [5, 5.41) is 11.4. The van der Waals surface area contributed by atoms with Gasteiger partial charge in [-0.15, -0.1) is 5.10 Å². The average molecular weight is 333 g/mol. The van der Waals surface area contributed by atoms with E-state index in [1.54, 1.807) is 13.3 Å². The summed E-state index contributed by atoms with van der Waals surface area (Å²) in [5.41, 5.74) is 3.56. The maximum Gasteiger partial charge on any atom is 0.249 e. The van der Waals surface area contributed by atoms with E-state index in [1.165, 1.54) is 11.1 Å². The van der Waals surface area contributed by atoms with Crippen LogP contribution in [0.25, 0.3) is 0 Å². The summed E-state index contributed by atoms with van der Waals surface area (Å²) in [7, 11) is 1.64. The van der Waals surface area contributed by atoms with Crippen LogP contribution in [0.2, 0.25) is 0 Å². The van der Waals surface area contributed by atoms with Gasteiger partial charge in [-0.1, -0.05) is 36.4 Å². The number of nitrogens with zero attached hydrogens (tertiary/aromatic N) is 4. The molecule has 1 aliphatic heterocycles. The molecule has 126 valence electrons. The zero-order valence-corrected chi connectivity index (χ0v) is 14.0. The number of fused-ring (bicyclic) bond motifs is 1. The fourth-order valence-electron chi connectivity index (χ4n) is 3.06. The van der Waals surface area contributed by atoms with Gasteiger partial charge < -0.3 is 15.0 Å². The van der Waals surface area contributed by atoms with Crippen molar-refractivity contribution in [3.8, 4) is 5.75 Å². The molecule has 25 heavy (non-hydrogen) atoms. The molecule has 6 nitrogen and oxygen atoms in total. The molecule has 2 heterocycles. The standard InChI is InChI=1S/C19H19N5O/c1-25-17-9-5-4-8-16(17)21-19-22-18(12-20-23-19)24-11-10-14-6-2-3-7-15(14)13-24/h2-9,12H,10-11,13H2,1H3,(H,21,22,23). The number of hydrogen-bond acceptors (Lipinski definition) is 6. The number of aromatic nitrogens is 3. The highest BCUT2D eigenvalue weighted by molar-refractivity contribution is 5.62. The number of nitrogens with one attached hydrogen (secondary N) is 1. The lowest BCUT2D eigenvalue weighted by Crippen LogP contribution is -2.31. The first-order chi connectivity index (χ1) is 12.3. The molecule has 4 rings (SSSR count). The van der Waals surface area contributed by atoms with E-state index in [0.717, 1.165) is 36.8 Å². The van der Waals surface area contributed by atoms with E-state index in [9.17, 15) is 0 Å². The lowest BCUT2D eigenvalue weighted by atomic mass is 10.0. The van der Waals surface area contributed by atoms with Gasteiger partial charge in [0.15, 0.2) is 5.82 Å². The highest BCUT2D eigenvalue weighted by atomic mass is 16.5. The Hall–Kier alpha value is -3.15. The van der Waals surface area contributed by atoms with Crippen molar-refractivity contribution in [2.75, 3.05) is 23.9 Å². The summed E-state index contributed by atoms with van der Waals surface area (Å²) in [6.07, 6.45) is 2.72. The van der Waals surface area contributed by atoms with Crippen LogP contribution in [0.3, 0.4) is 0 Å². The van der Waals surface area contributed by atoms with Crippen LogP contribution in [0.1, 0.15) is 11.1 Å². The summed E-state index contributed by atoms with van der Waals surface area (Å²) in [6.45, 7) is 1.76. The molecular formula is C19H19N5O. The molecule has 1 aliphatic rings. The molecule has 1 aromatic heterocycles. The Morgan fingerprint density at radius 3 is 2.72 bits per heavy atom. The van der Waals surface area contributed by atoms with Crippen LogP contribution in [-0.4, -0.2) is 28.8 Å². The maximum atomic E-state index is 5.35. The SMILES string of the molecule is COc1ccccc1Nc1nncc(N2CCc3ccccc3C2)n1. The number of anilines is 3. The van der Waals surface area contributed by atoms with Crippen LogP contribution in [0, 0.1) is 0 Å². The molecule has 0 bridgehead atoms. The minimum Gasteiger partial charge on any atom is -0.495 e. The second-order valence-electron chi connectivity index (χ2n) is 5.90. The van der Waals surface area contributed by atoms with Crippen LogP contribution in [0.15, 0.2) is 54.7 Å². The predicted molar refractivity (Wildman–Crippen MR) is 97.3 cm³/mol. The summed E-state index contributed by atoms with van der Waals surface area (Å²) in [6, 6.07) is 16.2. The van der Waals surface area contributed by atoms with Gasteiger partial charge in [0.25, 0.3) is 0 Å². The van der Waals surface area contributed by atoms with Crippen LogP contribution < -0.4 is 15.0 Å². The van der Waals surface area contributed by atoms with Crippen molar-refractivity contribution in [2.45, 2.75) is 13.0 Å². The molecular weight excluding hydrogens is 314 g/mol. The summed E-state index contributed by atoms with van der Waals surface area (Å²) in [5.74, 6) is 2.02. The largest absolute Gasteiger partial charge is 0.495 e. The van der Waals surface area contributed by atoms with Gasteiger partial charge in [0.05, 0.1) is 19.0 Å². The van der Waals surface area contributed by atoms with Crippen molar-refractivity contribution in [3.05, 3.63) is 65.9 Å². The van der Waals surface area contributed by atoms with Gasteiger partial charge in [0.2, 0.25) is 5.95 Å². The summed E-state index contributed by atoms with van der Waals surface area (Å²) >= 11 is 0. The number of methoxy groups -OCH3 is 1. The van der Waals surface area contributed by atoms with E-state index in [4.69, 9.17) is 4.74 Å². The van der Waals surface area contributed by atoms with Crippen molar-refractivity contribution >= 4 is 17.5 Å². The zero-order chi connectivity index (χ0) is 17.1. The van der Waals surface area contributed by atoms with Gasteiger partial charge >= 0.3 is 0 Å². The molecule has 0 aliphatic carbocycles. The van der Waals surface area contributed by atoms with Gasteiger partial charge in [-0.25, -0.2) is 0 Å². The van der Waals surface area contributed by atoms with Crippen molar-refractivity contribution in [2.24, 2.45) is 0 Å². The molecule has 1 N–H and O–H groups in total. The first kappa shape index (κ1) is 15.4. The quantitative estimate of drug-likeness (QED) is 0.791. The lowest BCUT2D eigenvalue weighted by molar-refractivity contribution is 0.417. The number of benzene rings is 2. The van der Waals surface area contributed by atoms with E-state index in [1.807, 2.05) is 24.3 Å². The second-order valence-corrected chi connectivity index (χ2v) is 5.90. The fourth-order valence-corrected chi connectivity index (χ4v) is 3.06. The third-order valence-electron chi connectivity index (χ3n) is 4.35. The van der Waals surface area contributed by atoms with Crippen LogP contribution in [-0.2, 0) is 13.0 Å². The van der Waals surface area contributed by atoms with Crippen molar-refractivity contribution in [1.29, 1.82) is 0 Å². The van der Waals surface area contributed by atoms with Gasteiger partial charge in [-0.3, -0.25) is 0 Å². The van der Waals surface area contributed by atoms with Gasteiger partial charge in [0.1, 0.15) is 5.75 Å². The molecule has 0 radical (unpaired) electrons. The highest BCUT2D eigenvalue weighted by Gasteiger charge is 2.18. The Morgan fingerprint density at radius 1 is 1.04 bits per heavy atom. The van der Waals surface area contributed by atoms with E-state index in [0.29, 0.717) is 5.95 Å². The van der Waals surface area contributed by atoms with Gasteiger partial charge in [-0.2, -0.15) is 10.1 Å². The molecule has 6 heteroatoms. The molecule has 0 atom stereocenters. The molecule has 0 spiro atoms. The molecule has 0 unspecified atom stereocenters. The third-order valence-corrected chi connectivity index (χ3v) is 4.35. The number of para-hydroxylation sites is 2. The normalized spacial score (nSPS) is 13.2. The average Bonchev–Trinajstić information content (AvgIpc) is 2.68. The third kappa shape index (κ3) is 3.24. The minimum absolute atomic E-state index is 0.459. The van der Waals surface area contributed by atoms with E-state index < -0.39 is 0 Å². The first-order valence-electron chi connectivity index (χ1n) is 8.25. The minimum atomic E-state index is 0.459. The number of hydrogen-bond donors (Lipinski definition) is 1. The Balaban J connectivity index is 1.56. The van der Waals surface area contributed by atoms with E-state index in [2.05, 4.69) is 49.7 Å². The second kappa shape index (κ2) is 6.76. The summed E-state index contributed by atoms with van der Waals surface area (Å²) in [4.78, 5) is 6.85. The smallest absolute Gasteiger partial charge is 0.249 e. The highest BCUT2D eigenvalue weighted by Crippen LogP contribution is 2.27. The molecule has 3 aromatic rings. The van der Waals surface area contributed by atoms with Crippen molar-refractivity contribution < 1.29 is 4.74 Å².